The molecule has 1 aromatic heterocycles. The van der Waals surface area contributed by atoms with Gasteiger partial charge in [-0.2, -0.15) is 0 Å². The van der Waals surface area contributed by atoms with Crippen molar-refractivity contribution in [2.75, 3.05) is 0 Å². The molecule has 0 amide bonds. The molecule has 0 fully saturated rings. The van der Waals surface area contributed by atoms with E-state index < -0.39 is 0 Å². The van der Waals surface area contributed by atoms with E-state index in [1.54, 1.807) is 17.6 Å². The molecule has 1 aromatic rings. The first-order chi connectivity index (χ1) is 5.88. The van der Waals surface area contributed by atoms with Crippen molar-refractivity contribution >= 4 is 29.3 Å². The zero-order valence-corrected chi connectivity index (χ0v) is 8.48. The molecule has 0 spiro atoms. The van der Waals surface area contributed by atoms with E-state index >= 15 is 0 Å². The van der Waals surface area contributed by atoms with E-state index in [9.17, 15) is 0 Å². The molecule has 2 rings (SSSR count). The van der Waals surface area contributed by atoms with Crippen molar-refractivity contribution in [3.8, 4) is 0 Å². The minimum Gasteiger partial charge on any atom is -0.479 e. The Hall–Kier alpha value is -0.770. The van der Waals surface area contributed by atoms with E-state index in [2.05, 4.69) is 0 Å². The molecule has 0 bridgehead atoms. The maximum Gasteiger partial charge on any atom is 0.174 e. The number of nitrogens with two attached hydrogens (primary N) is 1. The Morgan fingerprint density at radius 3 is 2.92 bits per heavy atom. The summed E-state index contributed by atoms with van der Waals surface area (Å²) in [6.45, 7) is 0. The van der Waals surface area contributed by atoms with Gasteiger partial charge in [-0.05, 0) is 23.6 Å². The van der Waals surface area contributed by atoms with Gasteiger partial charge < -0.3 is 4.74 Å². The first-order valence-electron chi connectivity index (χ1n) is 3.69. The molecule has 2 N–H and O–H groups in total. The van der Waals surface area contributed by atoms with Crippen LogP contribution in [0.15, 0.2) is 35.9 Å². The summed E-state index contributed by atoms with van der Waals surface area (Å²) in [5.41, 5.74) is 6.78. The Labute approximate surface area is 87.1 Å². The summed E-state index contributed by atoms with van der Waals surface area (Å²) in [6, 6.07) is 4.05. The molecule has 2 nitrogen and oxygen atoms in total. The molecule has 0 saturated carbocycles. The van der Waals surface area contributed by atoms with Crippen LogP contribution >= 0.6 is 23.7 Å². The predicted octanol–water partition coefficient (Wildman–Crippen LogP) is 2.38. The third-order valence-electron chi connectivity index (χ3n) is 1.69. The lowest BCUT2D eigenvalue weighted by Gasteiger charge is -2.16. The highest BCUT2D eigenvalue weighted by molar-refractivity contribution is 7.11. The topological polar surface area (TPSA) is 35.2 Å². The minimum absolute atomic E-state index is 0. The summed E-state index contributed by atoms with van der Waals surface area (Å²) in [6.07, 6.45) is 5.15. The molecule has 1 atom stereocenters. The van der Waals surface area contributed by atoms with E-state index in [0.717, 1.165) is 5.57 Å². The fraction of sp³-hybridized carbons (Fsp3) is 0.111. The van der Waals surface area contributed by atoms with Gasteiger partial charge in [-0.3, -0.25) is 5.73 Å². The number of hydrogen-bond acceptors (Lipinski definition) is 3. The second-order valence-electron chi connectivity index (χ2n) is 2.48. The molecule has 1 aliphatic rings. The molecular weight excluding hydrogens is 206 g/mol. The minimum atomic E-state index is -0.311. The summed E-state index contributed by atoms with van der Waals surface area (Å²) in [5.74, 6) is 0. The van der Waals surface area contributed by atoms with E-state index in [0.29, 0.717) is 0 Å². The van der Waals surface area contributed by atoms with Gasteiger partial charge in [-0.15, -0.1) is 23.7 Å². The van der Waals surface area contributed by atoms with Crippen LogP contribution in [0.2, 0.25) is 0 Å². The van der Waals surface area contributed by atoms with Gasteiger partial charge in [0.25, 0.3) is 0 Å². The lowest BCUT2D eigenvalue weighted by atomic mass is 10.1. The highest BCUT2D eigenvalue weighted by Gasteiger charge is 2.13. The maximum atomic E-state index is 5.74. The first kappa shape index (κ1) is 10.3. The Morgan fingerprint density at radius 1 is 1.46 bits per heavy atom. The van der Waals surface area contributed by atoms with Crippen LogP contribution in [0, 0.1) is 0 Å². The smallest absolute Gasteiger partial charge is 0.174 e. The Morgan fingerprint density at radius 2 is 2.31 bits per heavy atom. The molecular formula is C9H10ClNOS. The summed E-state index contributed by atoms with van der Waals surface area (Å²) < 4.78 is 5.15. The van der Waals surface area contributed by atoms with Crippen molar-refractivity contribution < 1.29 is 4.74 Å². The highest BCUT2D eigenvalue weighted by atomic mass is 35.5. The van der Waals surface area contributed by atoms with Crippen molar-refractivity contribution in [1.29, 1.82) is 0 Å². The lowest BCUT2D eigenvalue weighted by molar-refractivity contribution is 0.199. The third-order valence-corrected chi connectivity index (χ3v) is 2.61. The fourth-order valence-corrected chi connectivity index (χ4v) is 1.89. The van der Waals surface area contributed by atoms with Gasteiger partial charge in [-0.25, -0.2) is 0 Å². The number of rotatable bonds is 1. The van der Waals surface area contributed by atoms with Crippen LogP contribution in [0.4, 0.5) is 0 Å². The predicted molar refractivity (Wildman–Crippen MR) is 57.7 cm³/mol. The van der Waals surface area contributed by atoms with E-state index in [1.165, 1.54) is 4.88 Å². The van der Waals surface area contributed by atoms with Crippen molar-refractivity contribution in [3.05, 3.63) is 40.8 Å². The molecule has 0 radical (unpaired) electrons. The first-order valence-corrected chi connectivity index (χ1v) is 4.57. The summed E-state index contributed by atoms with van der Waals surface area (Å²) in [5, 5.41) is 2.03. The van der Waals surface area contributed by atoms with Crippen molar-refractivity contribution in [3.63, 3.8) is 0 Å². The number of halogens is 1. The maximum absolute atomic E-state index is 5.74. The highest BCUT2D eigenvalue weighted by Crippen LogP contribution is 2.24. The van der Waals surface area contributed by atoms with E-state index in [-0.39, 0.29) is 18.6 Å². The second kappa shape index (κ2) is 4.46. The zero-order chi connectivity index (χ0) is 8.39. The van der Waals surface area contributed by atoms with Crippen LogP contribution in [0.1, 0.15) is 4.88 Å². The molecule has 1 unspecified atom stereocenters. The van der Waals surface area contributed by atoms with Crippen LogP contribution in [-0.4, -0.2) is 6.23 Å². The number of ether oxygens (including phenoxy) is 1. The van der Waals surface area contributed by atoms with Gasteiger partial charge in [0, 0.05) is 10.5 Å². The summed E-state index contributed by atoms with van der Waals surface area (Å²) >= 11 is 1.67. The van der Waals surface area contributed by atoms with Gasteiger partial charge in [0.2, 0.25) is 0 Å². The van der Waals surface area contributed by atoms with E-state index in [1.807, 2.05) is 29.7 Å². The summed E-state index contributed by atoms with van der Waals surface area (Å²) in [4.78, 5) is 1.17. The largest absolute Gasteiger partial charge is 0.479 e. The number of hydrogen-bond donors (Lipinski definition) is 1. The van der Waals surface area contributed by atoms with Gasteiger partial charge in [0.05, 0.1) is 6.26 Å². The normalized spacial score (nSPS) is 20.1. The molecule has 1 aliphatic heterocycles. The molecule has 2 heterocycles. The Balaban J connectivity index is 0.000000845. The van der Waals surface area contributed by atoms with Crippen LogP contribution < -0.4 is 5.73 Å². The van der Waals surface area contributed by atoms with Crippen LogP contribution in [0.25, 0.3) is 5.57 Å². The van der Waals surface area contributed by atoms with Crippen molar-refractivity contribution in [2.24, 2.45) is 5.73 Å². The van der Waals surface area contributed by atoms with Gasteiger partial charge in [-0.1, -0.05) is 6.07 Å². The van der Waals surface area contributed by atoms with Gasteiger partial charge in [0.1, 0.15) is 0 Å². The third kappa shape index (κ3) is 2.12. The van der Waals surface area contributed by atoms with Crippen LogP contribution in [0.3, 0.4) is 0 Å². The van der Waals surface area contributed by atoms with Gasteiger partial charge in [0.15, 0.2) is 6.23 Å². The summed E-state index contributed by atoms with van der Waals surface area (Å²) in [7, 11) is 0. The Bertz CT molecular complexity index is 318. The SMILES string of the molecule is Cl.NC1OC=CC=C1c1cccs1. The van der Waals surface area contributed by atoms with Crippen molar-refractivity contribution in [1.82, 2.24) is 0 Å². The van der Waals surface area contributed by atoms with Gasteiger partial charge >= 0.3 is 0 Å². The average molecular weight is 216 g/mol. The lowest BCUT2D eigenvalue weighted by Crippen LogP contribution is -2.24. The zero-order valence-electron chi connectivity index (χ0n) is 6.84. The quantitative estimate of drug-likeness (QED) is 0.781. The van der Waals surface area contributed by atoms with Crippen molar-refractivity contribution in [2.45, 2.75) is 6.23 Å². The van der Waals surface area contributed by atoms with Crippen LogP contribution in [0.5, 0.6) is 0 Å². The molecule has 4 heteroatoms. The molecule has 0 aromatic carbocycles. The average Bonchev–Trinajstić information content (AvgIpc) is 2.57. The molecule has 13 heavy (non-hydrogen) atoms. The Kier molecular flexibility index (Phi) is 3.54. The monoisotopic (exact) mass is 215 g/mol. The van der Waals surface area contributed by atoms with E-state index in [4.69, 9.17) is 10.5 Å². The number of allylic oxidation sites excluding steroid dienone is 2. The number of thiophene rings is 1. The standard InChI is InChI=1S/C9H9NOS.ClH/c10-9-7(3-1-5-11-9)8-4-2-6-12-8;/h1-6,9H,10H2;1H. The molecule has 0 aliphatic carbocycles. The fourth-order valence-electron chi connectivity index (χ4n) is 1.11. The van der Waals surface area contributed by atoms with Crippen LogP contribution in [-0.2, 0) is 4.74 Å². The second-order valence-corrected chi connectivity index (χ2v) is 3.43. The molecule has 0 saturated heterocycles. The molecule has 70 valence electrons.